The van der Waals surface area contributed by atoms with Gasteiger partial charge in [0.2, 0.25) is 0 Å². The van der Waals surface area contributed by atoms with E-state index >= 15 is 0 Å². The van der Waals surface area contributed by atoms with Crippen LogP contribution in [0.2, 0.25) is 0 Å². The third-order valence-electron chi connectivity index (χ3n) is 5.25. The molecule has 3 rings (SSSR count). The van der Waals surface area contributed by atoms with E-state index in [4.69, 9.17) is 14.2 Å². The van der Waals surface area contributed by atoms with Crippen LogP contribution >= 0.6 is 0 Å². The molecule has 0 aliphatic heterocycles. The molecule has 9 nitrogen and oxygen atoms in total. The summed E-state index contributed by atoms with van der Waals surface area (Å²) in [6, 6.07) is 10.5. The van der Waals surface area contributed by atoms with Crippen molar-refractivity contribution in [3.8, 4) is 17.2 Å². The van der Waals surface area contributed by atoms with Gasteiger partial charge in [0.15, 0.2) is 5.78 Å². The van der Waals surface area contributed by atoms with Gasteiger partial charge in [0.25, 0.3) is 0 Å². The monoisotopic (exact) mass is 451 g/mol. The van der Waals surface area contributed by atoms with Gasteiger partial charge in [-0.3, -0.25) is 19.6 Å². The van der Waals surface area contributed by atoms with Crippen molar-refractivity contribution in [1.82, 2.24) is 9.78 Å². The molecule has 1 heterocycles. The molecule has 33 heavy (non-hydrogen) atoms. The van der Waals surface area contributed by atoms with E-state index in [-0.39, 0.29) is 18.0 Å². The Hall–Kier alpha value is -4.14. The number of allylic oxidation sites excluding steroid dienone is 1. The summed E-state index contributed by atoms with van der Waals surface area (Å²) in [6.07, 6.45) is 3.14. The SMILES string of the molecule is COc1ccc(OC)c(C(=O)/C=C/c2ccc(OC)c(Cn3nc(C)c([N+](=O)[O-])c3C)c2)c1. The van der Waals surface area contributed by atoms with Crippen molar-refractivity contribution in [3.63, 3.8) is 0 Å². The second kappa shape index (κ2) is 9.99. The number of nitro groups is 1. The second-order valence-corrected chi connectivity index (χ2v) is 7.27. The molecule has 1 aromatic heterocycles. The average molecular weight is 451 g/mol. The predicted molar refractivity (Wildman–Crippen MR) is 123 cm³/mol. The molecule has 2 aromatic carbocycles. The molecule has 0 amide bonds. The number of carbonyl (C=O) groups is 1. The maximum absolute atomic E-state index is 12.8. The molecular weight excluding hydrogens is 426 g/mol. The van der Waals surface area contributed by atoms with Crippen molar-refractivity contribution in [2.24, 2.45) is 0 Å². The van der Waals surface area contributed by atoms with Gasteiger partial charge >= 0.3 is 5.69 Å². The van der Waals surface area contributed by atoms with Crippen molar-refractivity contribution in [2.45, 2.75) is 20.4 Å². The zero-order valence-electron chi connectivity index (χ0n) is 19.1. The highest BCUT2D eigenvalue weighted by molar-refractivity contribution is 6.08. The maximum atomic E-state index is 12.8. The van der Waals surface area contributed by atoms with E-state index in [0.717, 1.165) is 11.1 Å². The van der Waals surface area contributed by atoms with Gasteiger partial charge in [-0.1, -0.05) is 12.1 Å². The number of ketones is 1. The maximum Gasteiger partial charge on any atom is 0.312 e. The van der Waals surface area contributed by atoms with Gasteiger partial charge in [0.05, 0.1) is 38.4 Å². The number of aryl methyl sites for hydroxylation is 1. The van der Waals surface area contributed by atoms with Crippen LogP contribution in [0.4, 0.5) is 5.69 Å². The van der Waals surface area contributed by atoms with Crippen molar-refractivity contribution in [1.29, 1.82) is 0 Å². The molecule has 0 radical (unpaired) electrons. The normalized spacial score (nSPS) is 10.9. The van der Waals surface area contributed by atoms with Gasteiger partial charge in [-0.25, -0.2) is 0 Å². The molecule has 0 atom stereocenters. The van der Waals surface area contributed by atoms with E-state index in [2.05, 4.69) is 5.10 Å². The van der Waals surface area contributed by atoms with E-state index in [9.17, 15) is 14.9 Å². The van der Waals surface area contributed by atoms with E-state index in [1.165, 1.54) is 20.3 Å². The zero-order chi connectivity index (χ0) is 24.1. The summed E-state index contributed by atoms with van der Waals surface area (Å²) in [5.74, 6) is 1.38. The Morgan fingerprint density at radius 2 is 1.76 bits per heavy atom. The van der Waals surface area contributed by atoms with Crippen molar-refractivity contribution >= 4 is 17.5 Å². The summed E-state index contributed by atoms with van der Waals surface area (Å²) in [6.45, 7) is 3.55. The predicted octanol–water partition coefficient (Wildman–Crippen LogP) is 4.38. The minimum Gasteiger partial charge on any atom is -0.497 e. The molecule has 0 N–H and O–H groups in total. The topological polar surface area (TPSA) is 106 Å². The summed E-state index contributed by atoms with van der Waals surface area (Å²) in [5.41, 5.74) is 2.73. The first-order valence-corrected chi connectivity index (χ1v) is 10.1. The number of methoxy groups -OCH3 is 3. The molecule has 0 spiro atoms. The highest BCUT2D eigenvalue weighted by atomic mass is 16.6. The van der Waals surface area contributed by atoms with Crippen LogP contribution in [0, 0.1) is 24.0 Å². The number of hydrogen-bond acceptors (Lipinski definition) is 7. The van der Waals surface area contributed by atoms with E-state index < -0.39 is 4.92 Å². The number of hydrogen-bond donors (Lipinski definition) is 0. The van der Waals surface area contributed by atoms with E-state index in [1.807, 2.05) is 12.1 Å². The highest BCUT2D eigenvalue weighted by Crippen LogP contribution is 2.27. The Bertz CT molecular complexity index is 1230. The van der Waals surface area contributed by atoms with Crippen LogP contribution in [0.1, 0.15) is 32.9 Å². The first-order valence-electron chi connectivity index (χ1n) is 10.1. The average Bonchev–Trinajstić information content (AvgIpc) is 3.09. The van der Waals surface area contributed by atoms with Crippen LogP contribution < -0.4 is 14.2 Å². The largest absolute Gasteiger partial charge is 0.497 e. The molecule has 0 aliphatic carbocycles. The van der Waals surface area contributed by atoms with Crippen LogP contribution in [0.25, 0.3) is 6.08 Å². The summed E-state index contributed by atoms with van der Waals surface area (Å²) in [4.78, 5) is 23.7. The van der Waals surface area contributed by atoms with Gasteiger partial charge < -0.3 is 14.2 Å². The van der Waals surface area contributed by atoms with Gasteiger partial charge in [-0.05, 0) is 55.8 Å². The van der Waals surface area contributed by atoms with Gasteiger partial charge in [0.1, 0.15) is 28.6 Å². The quantitative estimate of drug-likeness (QED) is 0.206. The second-order valence-electron chi connectivity index (χ2n) is 7.27. The fourth-order valence-corrected chi connectivity index (χ4v) is 3.56. The molecule has 172 valence electrons. The molecular formula is C24H25N3O6. The molecule has 0 saturated carbocycles. The third-order valence-corrected chi connectivity index (χ3v) is 5.25. The Kier molecular flexibility index (Phi) is 7.12. The zero-order valence-corrected chi connectivity index (χ0v) is 19.1. The summed E-state index contributed by atoms with van der Waals surface area (Å²) >= 11 is 0. The van der Waals surface area contributed by atoms with Gasteiger partial charge in [-0.2, -0.15) is 5.10 Å². The summed E-state index contributed by atoms with van der Waals surface area (Å²) < 4.78 is 17.5. The van der Waals surface area contributed by atoms with Crippen molar-refractivity contribution < 1.29 is 23.9 Å². The van der Waals surface area contributed by atoms with Crippen LogP contribution in [0.15, 0.2) is 42.5 Å². The molecule has 0 unspecified atom stereocenters. The Labute approximate surface area is 191 Å². The minimum absolute atomic E-state index is 0.00264. The molecule has 0 fully saturated rings. The number of aromatic nitrogens is 2. The number of carbonyl (C=O) groups excluding carboxylic acids is 1. The van der Waals surface area contributed by atoms with Crippen molar-refractivity contribution in [2.75, 3.05) is 21.3 Å². The molecule has 0 saturated heterocycles. The fourth-order valence-electron chi connectivity index (χ4n) is 3.56. The van der Waals surface area contributed by atoms with E-state index in [1.54, 1.807) is 56.0 Å². The number of ether oxygens (including phenoxy) is 3. The lowest BCUT2D eigenvalue weighted by atomic mass is 10.1. The van der Waals surface area contributed by atoms with Crippen LogP contribution in [-0.4, -0.2) is 41.8 Å². The highest BCUT2D eigenvalue weighted by Gasteiger charge is 2.22. The van der Waals surface area contributed by atoms with Crippen LogP contribution in [-0.2, 0) is 6.54 Å². The lowest BCUT2D eigenvalue weighted by molar-refractivity contribution is -0.386. The van der Waals surface area contributed by atoms with Crippen molar-refractivity contribution in [3.05, 3.63) is 80.7 Å². The number of rotatable bonds is 9. The minimum atomic E-state index is -0.428. The lowest BCUT2D eigenvalue weighted by Gasteiger charge is -2.11. The smallest absolute Gasteiger partial charge is 0.312 e. The fraction of sp³-hybridized carbons (Fsp3) is 0.250. The molecule has 9 heteroatoms. The van der Waals surface area contributed by atoms with Crippen LogP contribution in [0.3, 0.4) is 0 Å². The number of benzene rings is 2. The van der Waals surface area contributed by atoms with Crippen LogP contribution in [0.5, 0.6) is 17.2 Å². The summed E-state index contributed by atoms with van der Waals surface area (Å²) in [7, 11) is 4.58. The number of nitrogens with zero attached hydrogens (tertiary/aromatic N) is 3. The molecule has 3 aromatic rings. The molecule has 0 bridgehead atoms. The molecule has 0 aliphatic rings. The lowest BCUT2D eigenvalue weighted by Crippen LogP contribution is -2.06. The Morgan fingerprint density at radius 1 is 1.06 bits per heavy atom. The first kappa shape index (κ1) is 23.5. The third kappa shape index (κ3) is 5.03. The first-order chi connectivity index (χ1) is 15.8. The Morgan fingerprint density at radius 3 is 2.36 bits per heavy atom. The van der Waals surface area contributed by atoms with Gasteiger partial charge in [-0.15, -0.1) is 0 Å². The van der Waals surface area contributed by atoms with Gasteiger partial charge in [0, 0.05) is 5.56 Å². The van der Waals surface area contributed by atoms with E-state index in [0.29, 0.717) is 34.2 Å². The summed E-state index contributed by atoms with van der Waals surface area (Å²) in [5, 5.41) is 15.6. The standard InChI is InChI=1S/C24H25N3O6/c1-15-24(27(29)30)16(2)26(25-15)14-18-12-17(7-10-22(18)32-4)6-9-21(28)20-13-19(31-3)8-11-23(20)33-5/h6-13H,14H2,1-5H3/b9-6+. The Balaban J connectivity index is 1.90.